The zero-order valence-electron chi connectivity index (χ0n) is 28.4. The monoisotopic (exact) mass is 663 g/mol. The Labute approximate surface area is 302 Å². The lowest BCUT2D eigenvalue weighted by Gasteiger charge is -2.26. The first-order chi connectivity index (χ1) is 25.8. The molecule has 0 aliphatic carbocycles. The van der Waals surface area contributed by atoms with Gasteiger partial charge in [0.05, 0.1) is 0 Å². The van der Waals surface area contributed by atoms with E-state index >= 15 is 0 Å². The van der Waals surface area contributed by atoms with Gasteiger partial charge in [-0.3, -0.25) is 0 Å². The summed E-state index contributed by atoms with van der Waals surface area (Å²) in [6, 6.07) is 71.6. The van der Waals surface area contributed by atoms with Crippen molar-refractivity contribution in [1.82, 2.24) is 0 Å². The number of anilines is 3. The van der Waals surface area contributed by atoms with Crippen LogP contribution in [0, 0.1) is 0 Å². The lowest BCUT2D eigenvalue weighted by Crippen LogP contribution is -2.09. The van der Waals surface area contributed by atoms with Crippen LogP contribution in [-0.4, -0.2) is 0 Å². The topological polar surface area (TPSA) is 16.4 Å². The molecule has 0 atom stereocenters. The molecule has 2 heteroatoms. The molecule has 1 heterocycles. The van der Waals surface area contributed by atoms with Crippen LogP contribution in [0.25, 0.3) is 76.9 Å². The zero-order valence-corrected chi connectivity index (χ0v) is 28.4. The van der Waals surface area contributed by atoms with E-state index in [1.54, 1.807) is 0 Å². The Balaban J connectivity index is 1.08. The number of hydrogen-bond donors (Lipinski definition) is 0. The van der Waals surface area contributed by atoms with E-state index in [1.807, 2.05) is 6.07 Å². The maximum Gasteiger partial charge on any atom is 0.136 e. The van der Waals surface area contributed by atoms with Gasteiger partial charge >= 0.3 is 0 Å². The van der Waals surface area contributed by atoms with Crippen molar-refractivity contribution in [2.75, 3.05) is 4.90 Å². The molecule has 52 heavy (non-hydrogen) atoms. The zero-order chi connectivity index (χ0) is 34.4. The predicted octanol–water partition coefficient (Wildman–Crippen LogP) is 14.4. The third-order valence-corrected chi connectivity index (χ3v) is 10.2. The van der Waals surface area contributed by atoms with Gasteiger partial charge in [-0.05, 0) is 116 Å². The molecular formula is C50H33NO. The number of fused-ring (bicyclic) bond motifs is 6. The van der Waals surface area contributed by atoms with Gasteiger partial charge in [-0.15, -0.1) is 0 Å². The Bertz CT molecular complexity index is 2870. The molecule has 0 saturated carbocycles. The fourth-order valence-corrected chi connectivity index (χ4v) is 7.67. The molecular weight excluding hydrogens is 631 g/mol. The molecule has 244 valence electrons. The standard InChI is InChI=1S/C50H33NO/c1-3-11-34(12-4-1)36-21-26-42(27-22-36)51(41-15-5-2-6-16-41)43-28-23-37(24-29-43)39-25-30-44-46(40-20-19-35-13-7-8-14-38(35)31-40)33-49-50(47(44)32-39)45-17-9-10-18-48(45)52-49/h1-33H. The highest BCUT2D eigenvalue weighted by molar-refractivity contribution is 6.22. The van der Waals surface area contributed by atoms with Gasteiger partial charge in [-0.1, -0.05) is 140 Å². The van der Waals surface area contributed by atoms with Crippen molar-refractivity contribution < 1.29 is 4.42 Å². The minimum Gasteiger partial charge on any atom is -0.456 e. The van der Waals surface area contributed by atoms with Crippen LogP contribution in [0.1, 0.15) is 0 Å². The molecule has 0 saturated heterocycles. The average molecular weight is 664 g/mol. The summed E-state index contributed by atoms with van der Waals surface area (Å²) in [6.07, 6.45) is 0. The third kappa shape index (κ3) is 5.21. The van der Waals surface area contributed by atoms with Crippen LogP contribution in [-0.2, 0) is 0 Å². The molecule has 0 N–H and O–H groups in total. The lowest BCUT2D eigenvalue weighted by molar-refractivity contribution is 0.669. The second kappa shape index (κ2) is 12.5. The van der Waals surface area contributed by atoms with Gasteiger partial charge in [0.2, 0.25) is 0 Å². The predicted molar refractivity (Wildman–Crippen MR) is 220 cm³/mol. The van der Waals surface area contributed by atoms with Crippen molar-refractivity contribution in [1.29, 1.82) is 0 Å². The van der Waals surface area contributed by atoms with Gasteiger partial charge in [-0.2, -0.15) is 0 Å². The molecule has 1 aromatic heterocycles. The summed E-state index contributed by atoms with van der Waals surface area (Å²) in [7, 11) is 0. The van der Waals surface area contributed by atoms with Gasteiger partial charge in [-0.25, -0.2) is 0 Å². The first kappa shape index (κ1) is 30.0. The number of benzene rings is 9. The van der Waals surface area contributed by atoms with Crippen LogP contribution in [0.3, 0.4) is 0 Å². The quantitative estimate of drug-likeness (QED) is 0.176. The summed E-state index contributed by atoms with van der Waals surface area (Å²) >= 11 is 0. The smallest absolute Gasteiger partial charge is 0.136 e. The fraction of sp³-hybridized carbons (Fsp3) is 0. The molecule has 0 spiro atoms. The molecule has 0 amide bonds. The molecule has 0 bridgehead atoms. The van der Waals surface area contributed by atoms with Crippen molar-refractivity contribution >= 4 is 60.5 Å². The largest absolute Gasteiger partial charge is 0.456 e. The van der Waals surface area contributed by atoms with Crippen molar-refractivity contribution in [2.24, 2.45) is 0 Å². The van der Waals surface area contributed by atoms with E-state index in [0.29, 0.717) is 0 Å². The summed E-state index contributed by atoms with van der Waals surface area (Å²) in [4.78, 5) is 2.32. The fourth-order valence-electron chi connectivity index (χ4n) is 7.67. The number of hydrogen-bond acceptors (Lipinski definition) is 2. The molecule has 0 fully saturated rings. The summed E-state index contributed by atoms with van der Waals surface area (Å²) in [5.74, 6) is 0. The summed E-state index contributed by atoms with van der Waals surface area (Å²) in [5, 5.41) is 7.16. The minimum absolute atomic E-state index is 0.904. The van der Waals surface area contributed by atoms with Crippen LogP contribution in [0.4, 0.5) is 17.1 Å². The van der Waals surface area contributed by atoms with E-state index in [1.165, 1.54) is 49.4 Å². The third-order valence-electron chi connectivity index (χ3n) is 10.2. The van der Waals surface area contributed by atoms with Gasteiger partial charge in [0.1, 0.15) is 11.2 Å². The Morgan fingerprint density at radius 3 is 1.62 bits per heavy atom. The molecule has 0 unspecified atom stereocenters. The second-order valence-corrected chi connectivity index (χ2v) is 13.3. The average Bonchev–Trinajstić information content (AvgIpc) is 3.60. The SMILES string of the molecule is c1ccc(-c2ccc(N(c3ccccc3)c3ccc(-c4ccc5c(-c6ccc7ccccc7c6)cc6oc7ccccc7c6c5c4)cc3)cc2)cc1. The van der Waals surface area contributed by atoms with E-state index in [-0.39, 0.29) is 0 Å². The molecule has 0 aliphatic rings. The molecule has 2 nitrogen and oxygen atoms in total. The van der Waals surface area contributed by atoms with Crippen molar-refractivity contribution in [3.8, 4) is 33.4 Å². The Hall–Kier alpha value is -6.90. The van der Waals surface area contributed by atoms with E-state index < -0.39 is 0 Å². The number of furan rings is 1. The van der Waals surface area contributed by atoms with Crippen LogP contribution >= 0.6 is 0 Å². The summed E-state index contributed by atoms with van der Waals surface area (Å²) in [5.41, 5.74) is 12.2. The van der Waals surface area contributed by atoms with Crippen molar-refractivity contribution in [3.63, 3.8) is 0 Å². The summed E-state index contributed by atoms with van der Waals surface area (Å²) in [6.45, 7) is 0. The van der Waals surface area contributed by atoms with E-state index in [9.17, 15) is 0 Å². The van der Waals surface area contributed by atoms with Crippen LogP contribution in [0.2, 0.25) is 0 Å². The first-order valence-electron chi connectivity index (χ1n) is 17.8. The molecule has 0 radical (unpaired) electrons. The lowest BCUT2D eigenvalue weighted by atomic mass is 9.91. The van der Waals surface area contributed by atoms with E-state index in [4.69, 9.17) is 4.42 Å². The van der Waals surface area contributed by atoms with Crippen molar-refractivity contribution in [3.05, 3.63) is 200 Å². The summed E-state index contributed by atoms with van der Waals surface area (Å²) < 4.78 is 6.51. The number of rotatable bonds is 6. The van der Waals surface area contributed by atoms with Crippen LogP contribution in [0.5, 0.6) is 0 Å². The van der Waals surface area contributed by atoms with Crippen molar-refractivity contribution in [2.45, 2.75) is 0 Å². The normalized spacial score (nSPS) is 11.5. The van der Waals surface area contributed by atoms with Gasteiger partial charge in [0.25, 0.3) is 0 Å². The van der Waals surface area contributed by atoms with Crippen LogP contribution in [0.15, 0.2) is 205 Å². The maximum absolute atomic E-state index is 6.51. The number of nitrogens with zero attached hydrogens (tertiary/aromatic N) is 1. The van der Waals surface area contributed by atoms with Gasteiger partial charge in [0, 0.05) is 27.8 Å². The van der Waals surface area contributed by atoms with Gasteiger partial charge < -0.3 is 9.32 Å². The minimum atomic E-state index is 0.904. The van der Waals surface area contributed by atoms with E-state index in [0.717, 1.165) is 44.6 Å². The van der Waals surface area contributed by atoms with Crippen LogP contribution < -0.4 is 4.90 Å². The highest BCUT2D eigenvalue weighted by Gasteiger charge is 2.17. The second-order valence-electron chi connectivity index (χ2n) is 13.3. The Morgan fingerprint density at radius 2 is 0.865 bits per heavy atom. The van der Waals surface area contributed by atoms with Gasteiger partial charge in [0.15, 0.2) is 0 Å². The molecule has 9 aromatic carbocycles. The highest BCUT2D eigenvalue weighted by atomic mass is 16.3. The Kier molecular flexibility index (Phi) is 7.18. The first-order valence-corrected chi connectivity index (χ1v) is 17.8. The maximum atomic E-state index is 6.51. The molecule has 10 rings (SSSR count). The number of para-hydroxylation sites is 2. The van der Waals surface area contributed by atoms with E-state index in [2.05, 4.69) is 199 Å². The Morgan fingerprint density at radius 1 is 0.308 bits per heavy atom. The molecule has 10 aromatic rings. The molecule has 0 aliphatic heterocycles. The highest BCUT2D eigenvalue weighted by Crippen LogP contribution is 2.43.